The molecule has 0 aliphatic carbocycles. The van der Waals surface area contributed by atoms with Crippen LogP contribution >= 0.6 is 0 Å². The quantitative estimate of drug-likeness (QED) is 0.800. The van der Waals surface area contributed by atoms with Crippen LogP contribution in [0.3, 0.4) is 0 Å². The van der Waals surface area contributed by atoms with Crippen LogP contribution in [0.4, 0.5) is 0 Å². The summed E-state index contributed by atoms with van der Waals surface area (Å²) >= 11 is 0. The van der Waals surface area contributed by atoms with Gasteiger partial charge in [-0.05, 0) is 29.3 Å². The minimum Gasteiger partial charge on any atom is -0.364 e. The zero-order valence-corrected chi connectivity index (χ0v) is 13.8. The third-order valence-electron chi connectivity index (χ3n) is 4.47. The molecule has 2 heterocycles. The lowest BCUT2D eigenvalue weighted by Crippen LogP contribution is -2.46. The van der Waals surface area contributed by atoms with Crippen LogP contribution in [0.5, 0.6) is 0 Å². The van der Waals surface area contributed by atoms with Crippen molar-refractivity contribution in [2.75, 3.05) is 26.2 Å². The van der Waals surface area contributed by atoms with Gasteiger partial charge in [0.2, 0.25) is 0 Å². The Morgan fingerprint density at radius 3 is 2.44 bits per heavy atom. The third kappa shape index (κ3) is 3.32. The Labute approximate surface area is 146 Å². The highest BCUT2D eigenvalue weighted by Crippen LogP contribution is 2.26. The predicted octanol–water partition coefficient (Wildman–Crippen LogP) is 3.05. The Bertz CT molecular complexity index is 851. The molecule has 5 heteroatoms. The lowest BCUT2D eigenvalue weighted by atomic mass is 10.0. The molecule has 1 fully saturated rings. The molecule has 1 aromatic heterocycles. The first-order valence-corrected chi connectivity index (χ1v) is 8.42. The summed E-state index contributed by atoms with van der Waals surface area (Å²) in [6.45, 7) is 3.25. The molecule has 0 atom stereocenters. The average Bonchev–Trinajstić information content (AvgIpc) is 3.23. The van der Waals surface area contributed by atoms with E-state index in [2.05, 4.69) is 22.6 Å². The van der Waals surface area contributed by atoms with Gasteiger partial charge >= 0.3 is 0 Å². The molecular formula is C20H19N3O2. The maximum absolute atomic E-state index is 12.5. The van der Waals surface area contributed by atoms with Crippen LogP contribution in [-0.2, 0) is 0 Å². The molecule has 0 saturated carbocycles. The number of amides is 1. The number of hydrogen-bond donors (Lipinski definition) is 1. The van der Waals surface area contributed by atoms with Crippen molar-refractivity contribution in [3.05, 3.63) is 66.4 Å². The summed E-state index contributed by atoms with van der Waals surface area (Å²) in [6, 6.07) is 17.8. The van der Waals surface area contributed by atoms with Crippen molar-refractivity contribution in [3.63, 3.8) is 0 Å². The molecule has 0 unspecified atom stereocenters. The van der Waals surface area contributed by atoms with Gasteiger partial charge in [0.15, 0.2) is 0 Å². The van der Waals surface area contributed by atoms with Gasteiger partial charge in [0, 0.05) is 43.4 Å². The molecular weight excluding hydrogens is 314 g/mol. The van der Waals surface area contributed by atoms with E-state index >= 15 is 0 Å². The van der Waals surface area contributed by atoms with Crippen LogP contribution in [0, 0.1) is 0 Å². The molecule has 1 aliphatic rings. The van der Waals surface area contributed by atoms with Crippen LogP contribution in [-0.4, -0.2) is 42.1 Å². The first kappa shape index (κ1) is 15.6. The molecule has 0 spiro atoms. The van der Waals surface area contributed by atoms with Crippen LogP contribution in [0.15, 0.2) is 65.4 Å². The zero-order chi connectivity index (χ0) is 17.1. The lowest BCUT2D eigenvalue weighted by molar-refractivity contribution is 0.0736. The number of carbonyl (C=O) groups is 1. The van der Waals surface area contributed by atoms with Gasteiger partial charge in [-0.3, -0.25) is 4.79 Å². The minimum absolute atomic E-state index is 0.101. The minimum atomic E-state index is 0.101. The first-order chi connectivity index (χ1) is 12.3. The molecule has 126 valence electrons. The van der Waals surface area contributed by atoms with Crippen molar-refractivity contribution in [2.45, 2.75) is 0 Å². The second-order valence-corrected chi connectivity index (χ2v) is 6.09. The summed E-state index contributed by atoms with van der Waals surface area (Å²) in [5.41, 5.74) is 4.71. The molecule has 3 aromatic rings. The summed E-state index contributed by atoms with van der Waals surface area (Å²) < 4.78 is 4.92. The molecule has 0 bridgehead atoms. The monoisotopic (exact) mass is 333 g/mol. The number of rotatable bonds is 3. The average molecular weight is 333 g/mol. The molecule has 1 N–H and O–H groups in total. The van der Waals surface area contributed by atoms with Crippen LogP contribution in [0.25, 0.3) is 22.4 Å². The summed E-state index contributed by atoms with van der Waals surface area (Å²) in [6.07, 6.45) is 1.57. The molecule has 1 aliphatic heterocycles. The van der Waals surface area contributed by atoms with Gasteiger partial charge in [-0.2, -0.15) is 0 Å². The van der Waals surface area contributed by atoms with Gasteiger partial charge in [0.05, 0.1) is 0 Å². The van der Waals surface area contributed by atoms with E-state index < -0.39 is 0 Å². The number of piperazine rings is 1. The van der Waals surface area contributed by atoms with Gasteiger partial charge in [0.1, 0.15) is 12.0 Å². The van der Waals surface area contributed by atoms with Gasteiger partial charge in [0.25, 0.3) is 5.91 Å². The number of benzene rings is 2. The topological polar surface area (TPSA) is 58.4 Å². The van der Waals surface area contributed by atoms with Crippen LogP contribution < -0.4 is 5.32 Å². The van der Waals surface area contributed by atoms with E-state index in [9.17, 15) is 4.79 Å². The molecule has 1 amide bonds. The Kier molecular flexibility index (Phi) is 4.31. The second kappa shape index (κ2) is 6.91. The van der Waals surface area contributed by atoms with Crippen molar-refractivity contribution in [1.82, 2.24) is 15.4 Å². The molecule has 25 heavy (non-hydrogen) atoms. The van der Waals surface area contributed by atoms with Crippen molar-refractivity contribution < 1.29 is 9.32 Å². The fourth-order valence-electron chi connectivity index (χ4n) is 3.08. The van der Waals surface area contributed by atoms with Crippen molar-refractivity contribution >= 4 is 5.91 Å². The Morgan fingerprint density at radius 2 is 1.72 bits per heavy atom. The van der Waals surface area contributed by atoms with Crippen molar-refractivity contribution in [1.29, 1.82) is 0 Å². The van der Waals surface area contributed by atoms with E-state index in [-0.39, 0.29) is 5.91 Å². The van der Waals surface area contributed by atoms with Crippen molar-refractivity contribution in [3.8, 4) is 22.4 Å². The molecule has 0 radical (unpaired) electrons. The maximum Gasteiger partial charge on any atom is 0.253 e. The SMILES string of the molecule is O=C(c1ccc(-c2cccc(-c3ccon3)c2)cc1)N1CCNCC1. The maximum atomic E-state index is 12.5. The van der Waals surface area contributed by atoms with E-state index in [0.29, 0.717) is 0 Å². The number of carbonyl (C=O) groups excluding carboxylic acids is 1. The van der Waals surface area contributed by atoms with Gasteiger partial charge in [-0.15, -0.1) is 0 Å². The summed E-state index contributed by atoms with van der Waals surface area (Å²) in [7, 11) is 0. The molecule has 1 saturated heterocycles. The van der Waals surface area contributed by atoms with Gasteiger partial charge in [-0.1, -0.05) is 35.5 Å². The number of hydrogen-bond acceptors (Lipinski definition) is 4. The fourth-order valence-corrected chi connectivity index (χ4v) is 3.08. The summed E-state index contributed by atoms with van der Waals surface area (Å²) in [5, 5.41) is 7.24. The second-order valence-electron chi connectivity index (χ2n) is 6.09. The third-order valence-corrected chi connectivity index (χ3v) is 4.47. The molecule has 5 nitrogen and oxygen atoms in total. The van der Waals surface area contributed by atoms with Crippen LogP contribution in [0.2, 0.25) is 0 Å². The predicted molar refractivity (Wildman–Crippen MR) is 96.1 cm³/mol. The molecule has 4 rings (SSSR count). The molecule has 2 aromatic carbocycles. The smallest absolute Gasteiger partial charge is 0.253 e. The highest BCUT2D eigenvalue weighted by atomic mass is 16.5. The van der Waals surface area contributed by atoms with Crippen LogP contribution in [0.1, 0.15) is 10.4 Å². The lowest BCUT2D eigenvalue weighted by Gasteiger charge is -2.27. The fraction of sp³-hybridized carbons (Fsp3) is 0.200. The first-order valence-electron chi connectivity index (χ1n) is 8.42. The summed E-state index contributed by atoms with van der Waals surface area (Å²) in [5.74, 6) is 0.101. The van der Waals surface area contributed by atoms with E-state index in [0.717, 1.165) is 54.1 Å². The Morgan fingerprint density at radius 1 is 0.960 bits per heavy atom. The number of aromatic nitrogens is 1. The number of nitrogens with one attached hydrogen (secondary N) is 1. The number of nitrogens with zero attached hydrogens (tertiary/aromatic N) is 2. The van der Waals surface area contributed by atoms with E-state index in [1.807, 2.05) is 47.4 Å². The Balaban J connectivity index is 1.56. The van der Waals surface area contributed by atoms with E-state index in [1.54, 1.807) is 6.26 Å². The standard InChI is InChI=1S/C20H19N3O2/c24-20(23-11-9-21-10-12-23)16-6-4-15(5-7-16)17-2-1-3-18(14-17)19-8-13-25-22-19/h1-8,13-14,21H,9-12H2. The highest BCUT2D eigenvalue weighted by Gasteiger charge is 2.17. The Hall–Kier alpha value is -2.92. The summed E-state index contributed by atoms with van der Waals surface area (Å²) in [4.78, 5) is 14.4. The van der Waals surface area contributed by atoms with E-state index in [4.69, 9.17) is 4.52 Å². The van der Waals surface area contributed by atoms with Gasteiger partial charge in [-0.25, -0.2) is 0 Å². The normalized spacial score (nSPS) is 14.5. The highest BCUT2D eigenvalue weighted by molar-refractivity contribution is 5.94. The van der Waals surface area contributed by atoms with Crippen molar-refractivity contribution in [2.24, 2.45) is 0 Å². The van der Waals surface area contributed by atoms with Gasteiger partial charge < -0.3 is 14.7 Å². The van der Waals surface area contributed by atoms with E-state index in [1.165, 1.54) is 0 Å². The largest absolute Gasteiger partial charge is 0.364 e. The zero-order valence-electron chi connectivity index (χ0n) is 13.8.